The normalized spacial score (nSPS) is 26.5. The molecule has 0 spiro atoms. The molecule has 316 valence electrons. The lowest BCUT2D eigenvalue weighted by Gasteiger charge is -2.53. The summed E-state index contributed by atoms with van der Waals surface area (Å²) in [7, 11) is -3.57. The van der Waals surface area contributed by atoms with Crippen LogP contribution in [-0.2, 0) is 24.8 Å². The minimum atomic E-state index is -3.57. The van der Waals surface area contributed by atoms with Gasteiger partial charge >= 0.3 is 6.09 Å². The monoisotopic (exact) mass is 820 g/mol. The first-order valence-corrected chi connectivity index (χ1v) is 23.1. The molecule has 14 heteroatoms. The average molecular weight is 821 g/mol. The molecule has 0 radical (unpaired) electrons. The van der Waals surface area contributed by atoms with Crippen molar-refractivity contribution >= 4 is 27.5 Å². The Balaban J connectivity index is 0.858. The lowest BCUT2D eigenvalue weighted by Crippen LogP contribution is -2.59. The number of piperidine rings is 1. The highest BCUT2D eigenvalue weighted by Gasteiger charge is 2.53. The number of nitrogens with one attached hydrogen (secondary N) is 1. The fourth-order valence-electron chi connectivity index (χ4n) is 11.1. The molecule has 0 unspecified atom stereocenters. The van der Waals surface area contributed by atoms with Gasteiger partial charge in [0.2, 0.25) is 0 Å². The van der Waals surface area contributed by atoms with Crippen molar-refractivity contribution in [2.24, 2.45) is 17.8 Å². The van der Waals surface area contributed by atoms with E-state index in [0.29, 0.717) is 42.1 Å². The molecule has 8 rings (SSSR count). The fourth-order valence-corrected chi connectivity index (χ4v) is 12.7. The van der Waals surface area contributed by atoms with E-state index < -0.39 is 21.2 Å². The summed E-state index contributed by atoms with van der Waals surface area (Å²) in [6.45, 7) is 15.3. The summed E-state index contributed by atoms with van der Waals surface area (Å²) in [6.07, 6.45) is 5.95. The molecule has 1 saturated carbocycles. The second-order valence-corrected chi connectivity index (χ2v) is 20.0. The SMILES string of the molecule is C=C(CN1CCOCC1)C(=O)N1CC(S(=O)(=O)c2ccc(N3CC[C@@H](CN4CCC([C@@](CN5CCC5)(c5cccc(F)c5)[C@H]5CCC[C@@H]5NC(=O)O)CC4)C3)cc2)C1. The number of halogens is 1. The maximum atomic E-state index is 15.0. The largest absolute Gasteiger partial charge is 0.465 e. The van der Waals surface area contributed by atoms with Gasteiger partial charge in [-0.05, 0) is 124 Å². The van der Waals surface area contributed by atoms with Crippen molar-refractivity contribution in [2.75, 3.05) is 103 Å². The quantitative estimate of drug-likeness (QED) is 0.267. The van der Waals surface area contributed by atoms with Gasteiger partial charge in [-0.2, -0.15) is 0 Å². The number of rotatable bonds is 14. The summed E-state index contributed by atoms with van der Waals surface area (Å²) >= 11 is 0. The van der Waals surface area contributed by atoms with E-state index in [0.717, 1.165) is 122 Å². The molecule has 2 amide bonds. The van der Waals surface area contributed by atoms with E-state index in [-0.39, 0.29) is 42.2 Å². The van der Waals surface area contributed by atoms with E-state index in [4.69, 9.17) is 4.74 Å². The number of ether oxygens (including phenoxy) is 1. The number of hydrogen-bond donors (Lipinski definition) is 2. The second kappa shape index (κ2) is 17.6. The van der Waals surface area contributed by atoms with E-state index in [2.05, 4.69) is 37.6 Å². The third kappa shape index (κ3) is 8.68. The molecular weight excluding hydrogens is 760 g/mol. The van der Waals surface area contributed by atoms with Gasteiger partial charge in [-0.1, -0.05) is 25.1 Å². The summed E-state index contributed by atoms with van der Waals surface area (Å²) < 4.78 is 47.4. The summed E-state index contributed by atoms with van der Waals surface area (Å²) in [5, 5.41) is 12.1. The fraction of sp³-hybridized carbons (Fsp3) is 0.636. The maximum absolute atomic E-state index is 15.0. The lowest BCUT2D eigenvalue weighted by atomic mass is 9.57. The van der Waals surface area contributed by atoms with Crippen LogP contribution in [0.15, 0.2) is 65.6 Å². The van der Waals surface area contributed by atoms with Gasteiger partial charge < -0.3 is 34.8 Å². The highest BCUT2D eigenvalue weighted by atomic mass is 32.2. The molecule has 2 aromatic carbocycles. The van der Waals surface area contributed by atoms with Crippen LogP contribution in [0.25, 0.3) is 0 Å². The van der Waals surface area contributed by atoms with Crippen molar-refractivity contribution in [3.05, 3.63) is 72.1 Å². The third-order valence-corrected chi connectivity index (χ3v) is 16.4. The highest BCUT2D eigenvalue weighted by molar-refractivity contribution is 7.92. The van der Waals surface area contributed by atoms with Crippen molar-refractivity contribution in [1.82, 2.24) is 24.9 Å². The summed E-state index contributed by atoms with van der Waals surface area (Å²) in [6, 6.07) is 14.3. The van der Waals surface area contributed by atoms with Crippen LogP contribution in [0.1, 0.15) is 50.5 Å². The number of amides is 2. The molecule has 2 aromatic rings. The van der Waals surface area contributed by atoms with Crippen LogP contribution in [0.3, 0.4) is 0 Å². The van der Waals surface area contributed by atoms with Gasteiger partial charge in [-0.15, -0.1) is 0 Å². The van der Waals surface area contributed by atoms with Crippen molar-refractivity contribution < 1.29 is 32.2 Å². The molecule has 5 aliphatic heterocycles. The maximum Gasteiger partial charge on any atom is 0.404 e. The van der Waals surface area contributed by atoms with Crippen molar-refractivity contribution in [3.8, 4) is 0 Å². The number of anilines is 1. The smallest absolute Gasteiger partial charge is 0.404 e. The van der Waals surface area contributed by atoms with Gasteiger partial charge in [0, 0.05) is 81.6 Å². The Morgan fingerprint density at radius 2 is 1.60 bits per heavy atom. The number of sulfone groups is 1. The first-order chi connectivity index (χ1) is 28.0. The van der Waals surface area contributed by atoms with Gasteiger partial charge in [0.15, 0.2) is 9.84 Å². The van der Waals surface area contributed by atoms with Crippen LogP contribution in [-0.4, -0.2) is 155 Å². The lowest BCUT2D eigenvalue weighted by molar-refractivity contribution is -0.130. The van der Waals surface area contributed by atoms with E-state index >= 15 is 0 Å². The number of benzene rings is 2. The van der Waals surface area contributed by atoms with Gasteiger partial charge in [0.1, 0.15) is 11.1 Å². The van der Waals surface area contributed by atoms with Crippen LogP contribution in [0.5, 0.6) is 0 Å². The first-order valence-electron chi connectivity index (χ1n) is 21.6. The van der Waals surface area contributed by atoms with Crippen LogP contribution in [0.4, 0.5) is 14.9 Å². The Kier molecular flexibility index (Phi) is 12.5. The molecule has 6 fully saturated rings. The molecular formula is C44H61FN6O6S. The Morgan fingerprint density at radius 3 is 2.28 bits per heavy atom. The van der Waals surface area contributed by atoms with Crippen molar-refractivity contribution in [2.45, 2.75) is 66.5 Å². The Hall–Kier alpha value is -3.56. The number of carbonyl (C=O) groups excluding carboxylic acids is 1. The van der Waals surface area contributed by atoms with Gasteiger partial charge in [0.05, 0.1) is 18.1 Å². The minimum absolute atomic E-state index is 0.108. The van der Waals surface area contributed by atoms with Gasteiger partial charge in [-0.3, -0.25) is 9.69 Å². The zero-order valence-electron chi connectivity index (χ0n) is 33.8. The Labute approximate surface area is 343 Å². The van der Waals surface area contributed by atoms with Crippen LogP contribution in [0, 0.1) is 23.6 Å². The average Bonchev–Trinajstić information content (AvgIpc) is 3.84. The molecule has 5 heterocycles. The number of nitrogens with zero attached hydrogens (tertiary/aromatic N) is 5. The number of carboxylic acid groups (broad SMARTS) is 1. The molecule has 12 nitrogen and oxygen atoms in total. The topological polar surface area (TPSA) is 126 Å². The van der Waals surface area contributed by atoms with E-state index in [1.165, 1.54) is 6.07 Å². The molecule has 2 N–H and O–H groups in total. The summed E-state index contributed by atoms with van der Waals surface area (Å²) in [4.78, 5) is 36.4. The summed E-state index contributed by atoms with van der Waals surface area (Å²) in [5.74, 6) is 0.505. The predicted molar refractivity (Wildman–Crippen MR) is 221 cm³/mol. The molecule has 4 atom stereocenters. The van der Waals surface area contributed by atoms with Crippen molar-refractivity contribution in [3.63, 3.8) is 0 Å². The molecule has 0 aromatic heterocycles. The zero-order valence-corrected chi connectivity index (χ0v) is 34.6. The van der Waals surface area contributed by atoms with Crippen LogP contribution >= 0.6 is 0 Å². The molecule has 0 bridgehead atoms. The van der Waals surface area contributed by atoms with Crippen LogP contribution < -0.4 is 10.2 Å². The Bertz CT molecular complexity index is 1890. The molecule has 1 aliphatic carbocycles. The third-order valence-electron chi connectivity index (χ3n) is 14.3. The predicted octanol–water partition coefficient (Wildman–Crippen LogP) is 4.32. The number of carbonyl (C=O) groups is 2. The number of likely N-dealkylation sites (tertiary alicyclic amines) is 3. The Morgan fingerprint density at radius 1 is 0.862 bits per heavy atom. The van der Waals surface area contributed by atoms with Gasteiger partial charge in [0.25, 0.3) is 5.91 Å². The minimum Gasteiger partial charge on any atom is -0.465 e. The number of morpholine rings is 1. The molecule has 5 saturated heterocycles. The molecule has 6 aliphatic rings. The van der Waals surface area contributed by atoms with E-state index in [9.17, 15) is 27.5 Å². The number of hydrogen-bond acceptors (Lipinski definition) is 9. The van der Waals surface area contributed by atoms with Gasteiger partial charge in [-0.25, -0.2) is 17.6 Å². The molecule has 58 heavy (non-hydrogen) atoms. The van der Waals surface area contributed by atoms with E-state index in [1.54, 1.807) is 23.1 Å². The standard InChI is InChI=1S/C44H61FN6O6S/c1-32(26-48-21-23-57-24-22-48)42(52)51-29-39(30-51)58(55,56)38-11-9-37(10-12-38)50-20-13-33(28-50)27-47-18-14-34(15-19-47)44(31-49-16-4-17-49,35-5-2-6-36(45)25-35)40-7-3-8-41(40)46-43(53)54/h2,5-6,9-12,25,33-34,39-41,46H,1,3-4,7-8,13-24,26-31H2,(H,53,54)/t33-,40-,41-,44-/m0/s1. The van der Waals surface area contributed by atoms with Crippen molar-refractivity contribution in [1.29, 1.82) is 0 Å². The summed E-state index contributed by atoms with van der Waals surface area (Å²) in [5.41, 5.74) is 2.20. The van der Waals surface area contributed by atoms with Crippen LogP contribution in [0.2, 0.25) is 0 Å². The first kappa shape index (κ1) is 41.2. The highest BCUT2D eigenvalue weighted by Crippen LogP contribution is 2.51. The zero-order chi connectivity index (χ0) is 40.4. The van der Waals surface area contributed by atoms with E-state index in [1.807, 2.05) is 18.2 Å². The second-order valence-electron chi connectivity index (χ2n) is 17.8.